The van der Waals surface area contributed by atoms with Gasteiger partial charge in [0.05, 0.1) is 11.8 Å². The van der Waals surface area contributed by atoms with E-state index in [1.165, 1.54) is 23.7 Å². The summed E-state index contributed by atoms with van der Waals surface area (Å²) in [5, 5.41) is 3.32. The third-order valence-electron chi connectivity index (χ3n) is 3.94. The smallest absolute Gasteiger partial charge is 0.251 e. The second-order valence-electron chi connectivity index (χ2n) is 5.76. The van der Waals surface area contributed by atoms with Crippen molar-refractivity contribution in [3.63, 3.8) is 0 Å². The molecule has 0 spiro atoms. The lowest BCUT2D eigenvalue weighted by Crippen LogP contribution is -2.18. The van der Waals surface area contributed by atoms with Crippen molar-refractivity contribution in [1.82, 2.24) is 0 Å². The summed E-state index contributed by atoms with van der Waals surface area (Å²) in [4.78, 5) is 25.0. The fourth-order valence-corrected chi connectivity index (χ4v) is 4.22. The Hall–Kier alpha value is -2.34. The molecule has 2 aromatic heterocycles. The Balaban J connectivity index is 1.82. The Morgan fingerprint density at radius 3 is 3.00 bits per heavy atom. The molecule has 2 amide bonds. The molecular formula is C17H18N2O3S. The van der Waals surface area contributed by atoms with Crippen molar-refractivity contribution in [1.29, 1.82) is 0 Å². The highest BCUT2D eigenvalue weighted by Gasteiger charge is 2.26. The summed E-state index contributed by atoms with van der Waals surface area (Å²) >= 11 is 1.46. The number of amides is 2. The Labute approximate surface area is 138 Å². The third kappa shape index (κ3) is 3.37. The average molecular weight is 330 g/mol. The fraction of sp³-hybridized carbons (Fsp3) is 0.294. The Bertz CT molecular complexity index is 759. The molecule has 0 aliphatic heterocycles. The van der Waals surface area contributed by atoms with Crippen LogP contribution in [0, 0.1) is 5.92 Å². The van der Waals surface area contributed by atoms with E-state index in [1.807, 2.05) is 0 Å². The van der Waals surface area contributed by atoms with Gasteiger partial charge in [-0.15, -0.1) is 11.3 Å². The number of hydrogen-bond donors (Lipinski definition) is 2. The SMILES string of the molecule is CC1CCc2c(sc(NC(=O)C=Cc3ccco3)c2C(N)=O)C1. The predicted octanol–water partition coefficient (Wildman–Crippen LogP) is 3.22. The number of rotatable bonds is 4. The van der Waals surface area contributed by atoms with Gasteiger partial charge in [0.1, 0.15) is 10.8 Å². The van der Waals surface area contributed by atoms with Crippen LogP contribution in [0.2, 0.25) is 0 Å². The van der Waals surface area contributed by atoms with E-state index in [1.54, 1.807) is 18.2 Å². The zero-order chi connectivity index (χ0) is 16.4. The van der Waals surface area contributed by atoms with E-state index in [0.717, 1.165) is 29.7 Å². The molecule has 1 unspecified atom stereocenters. The van der Waals surface area contributed by atoms with Gasteiger partial charge < -0.3 is 15.5 Å². The average Bonchev–Trinajstić information content (AvgIpc) is 3.11. The number of hydrogen-bond acceptors (Lipinski definition) is 4. The lowest BCUT2D eigenvalue weighted by Gasteiger charge is -2.18. The molecule has 23 heavy (non-hydrogen) atoms. The minimum Gasteiger partial charge on any atom is -0.465 e. The van der Waals surface area contributed by atoms with Crippen LogP contribution < -0.4 is 11.1 Å². The van der Waals surface area contributed by atoms with Crippen LogP contribution in [0.5, 0.6) is 0 Å². The molecule has 2 aromatic rings. The largest absolute Gasteiger partial charge is 0.465 e. The van der Waals surface area contributed by atoms with E-state index in [9.17, 15) is 9.59 Å². The second kappa shape index (κ2) is 6.42. The van der Waals surface area contributed by atoms with Crippen LogP contribution in [0.25, 0.3) is 6.08 Å². The zero-order valence-corrected chi connectivity index (χ0v) is 13.6. The van der Waals surface area contributed by atoms with E-state index in [4.69, 9.17) is 10.2 Å². The van der Waals surface area contributed by atoms with Crippen LogP contribution in [0.3, 0.4) is 0 Å². The summed E-state index contributed by atoms with van der Waals surface area (Å²) in [6, 6.07) is 3.50. The topological polar surface area (TPSA) is 85.3 Å². The van der Waals surface area contributed by atoms with Crippen molar-refractivity contribution >= 4 is 34.2 Å². The first-order valence-corrected chi connectivity index (χ1v) is 8.33. The monoisotopic (exact) mass is 330 g/mol. The van der Waals surface area contributed by atoms with Gasteiger partial charge in [0, 0.05) is 11.0 Å². The number of primary amides is 1. The molecule has 1 aliphatic carbocycles. The first kappa shape index (κ1) is 15.6. The predicted molar refractivity (Wildman–Crippen MR) is 90.4 cm³/mol. The van der Waals surface area contributed by atoms with Crippen LogP contribution in [-0.2, 0) is 17.6 Å². The van der Waals surface area contributed by atoms with Gasteiger partial charge in [0.25, 0.3) is 5.91 Å². The highest BCUT2D eigenvalue weighted by Crippen LogP contribution is 2.39. The summed E-state index contributed by atoms with van der Waals surface area (Å²) < 4.78 is 5.14. The summed E-state index contributed by atoms with van der Waals surface area (Å²) in [5.41, 5.74) is 7.00. The molecule has 0 bridgehead atoms. The first-order valence-electron chi connectivity index (χ1n) is 7.51. The number of anilines is 1. The van der Waals surface area contributed by atoms with Gasteiger partial charge in [-0.1, -0.05) is 6.92 Å². The van der Waals surface area contributed by atoms with Gasteiger partial charge in [-0.25, -0.2) is 0 Å². The molecule has 0 radical (unpaired) electrons. The quantitative estimate of drug-likeness (QED) is 0.844. The molecule has 5 nitrogen and oxygen atoms in total. The van der Waals surface area contributed by atoms with Crippen molar-refractivity contribution in [3.05, 3.63) is 46.2 Å². The number of nitrogens with two attached hydrogens (primary N) is 1. The van der Waals surface area contributed by atoms with Crippen molar-refractivity contribution in [3.8, 4) is 0 Å². The molecular weight excluding hydrogens is 312 g/mol. The minimum absolute atomic E-state index is 0.310. The molecule has 0 saturated heterocycles. The van der Waals surface area contributed by atoms with E-state index in [2.05, 4.69) is 12.2 Å². The van der Waals surface area contributed by atoms with E-state index >= 15 is 0 Å². The first-order chi connectivity index (χ1) is 11.0. The Morgan fingerprint density at radius 1 is 1.48 bits per heavy atom. The lowest BCUT2D eigenvalue weighted by molar-refractivity contribution is -0.111. The molecule has 1 aliphatic rings. The van der Waals surface area contributed by atoms with Gasteiger partial charge in [-0.2, -0.15) is 0 Å². The normalized spacial score (nSPS) is 17.2. The molecule has 0 saturated carbocycles. The summed E-state index contributed by atoms with van der Waals surface area (Å²) in [5.74, 6) is 0.386. The van der Waals surface area contributed by atoms with Gasteiger partial charge >= 0.3 is 0 Å². The number of thiophene rings is 1. The van der Waals surface area contributed by atoms with Crippen molar-refractivity contribution in [2.75, 3.05) is 5.32 Å². The number of carbonyl (C=O) groups excluding carboxylic acids is 2. The van der Waals surface area contributed by atoms with Gasteiger partial charge in [-0.3, -0.25) is 9.59 Å². The van der Waals surface area contributed by atoms with Crippen LogP contribution >= 0.6 is 11.3 Å². The number of carbonyl (C=O) groups is 2. The maximum absolute atomic E-state index is 12.1. The van der Waals surface area contributed by atoms with Gasteiger partial charge in [0.15, 0.2) is 0 Å². The number of nitrogens with one attached hydrogen (secondary N) is 1. The Morgan fingerprint density at radius 2 is 2.30 bits per heavy atom. The lowest BCUT2D eigenvalue weighted by atomic mass is 9.88. The summed E-state index contributed by atoms with van der Waals surface area (Å²) in [6.07, 6.45) is 7.30. The summed E-state index contributed by atoms with van der Waals surface area (Å²) in [7, 11) is 0. The maximum atomic E-state index is 12.1. The molecule has 120 valence electrons. The van der Waals surface area contributed by atoms with Crippen molar-refractivity contribution in [2.24, 2.45) is 11.7 Å². The second-order valence-corrected chi connectivity index (χ2v) is 6.86. The van der Waals surface area contributed by atoms with Gasteiger partial charge in [0.2, 0.25) is 5.91 Å². The van der Waals surface area contributed by atoms with Crippen LogP contribution in [0.1, 0.15) is 39.9 Å². The van der Waals surface area contributed by atoms with Crippen molar-refractivity contribution < 1.29 is 14.0 Å². The molecule has 0 fully saturated rings. The van der Waals surface area contributed by atoms with Crippen LogP contribution in [-0.4, -0.2) is 11.8 Å². The number of furan rings is 1. The highest BCUT2D eigenvalue weighted by atomic mass is 32.1. The van der Waals surface area contributed by atoms with E-state index in [-0.39, 0.29) is 5.91 Å². The maximum Gasteiger partial charge on any atom is 0.251 e. The third-order valence-corrected chi connectivity index (χ3v) is 5.11. The van der Waals surface area contributed by atoms with Crippen molar-refractivity contribution in [2.45, 2.75) is 26.2 Å². The molecule has 2 heterocycles. The molecule has 1 atom stereocenters. The summed E-state index contributed by atoms with van der Waals surface area (Å²) in [6.45, 7) is 2.19. The standard InChI is InChI=1S/C17H18N2O3S/c1-10-4-6-12-13(9-10)23-17(15(12)16(18)21)19-14(20)7-5-11-3-2-8-22-11/h2-3,5,7-8,10H,4,6,9H2,1H3,(H2,18,21)(H,19,20). The molecule has 0 aromatic carbocycles. The fourth-order valence-electron chi connectivity index (χ4n) is 2.80. The van der Waals surface area contributed by atoms with E-state index in [0.29, 0.717) is 22.2 Å². The van der Waals surface area contributed by atoms with Crippen LogP contribution in [0.15, 0.2) is 28.9 Å². The molecule has 3 rings (SSSR count). The van der Waals surface area contributed by atoms with E-state index < -0.39 is 5.91 Å². The van der Waals surface area contributed by atoms with Gasteiger partial charge in [-0.05, 0) is 49.0 Å². The van der Waals surface area contributed by atoms with Crippen LogP contribution in [0.4, 0.5) is 5.00 Å². The molecule has 6 heteroatoms. The molecule has 3 N–H and O–H groups in total. The minimum atomic E-state index is -0.484. The highest BCUT2D eigenvalue weighted by molar-refractivity contribution is 7.17. The zero-order valence-electron chi connectivity index (χ0n) is 12.8. The Kier molecular flexibility index (Phi) is 4.34. The number of fused-ring (bicyclic) bond motifs is 1.